The Bertz CT molecular complexity index is 865. The number of rotatable bonds is 9. The molecule has 2 atom stereocenters. The van der Waals surface area contributed by atoms with Crippen molar-refractivity contribution in [1.29, 1.82) is 0 Å². The van der Waals surface area contributed by atoms with Gasteiger partial charge in [0.05, 0.1) is 16.4 Å². The van der Waals surface area contributed by atoms with Crippen molar-refractivity contribution in [2.45, 2.75) is 44.7 Å². The molecule has 12 heteroatoms. The molecule has 31 heavy (non-hydrogen) atoms. The lowest BCUT2D eigenvalue weighted by atomic mass is 10.1. The summed E-state index contributed by atoms with van der Waals surface area (Å²) in [5.74, 6) is 1.12. The lowest BCUT2D eigenvalue weighted by Gasteiger charge is -2.22. The molecule has 2 rings (SSSR count). The van der Waals surface area contributed by atoms with Gasteiger partial charge in [-0.15, -0.1) is 24.0 Å². The van der Waals surface area contributed by atoms with Gasteiger partial charge in [-0.3, -0.25) is 20.0 Å². The molecule has 1 heterocycles. The molecule has 1 aliphatic rings. The van der Waals surface area contributed by atoms with E-state index in [2.05, 4.69) is 46.0 Å². The van der Waals surface area contributed by atoms with Crippen molar-refractivity contribution in [3.05, 3.63) is 34.4 Å². The zero-order valence-electron chi connectivity index (χ0n) is 18.4. The summed E-state index contributed by atoms with van der Waals surface area (Å²) in [6, 6.07) is 5.73. The van der Waals surface area contributed by atoms with Crippen LogP contribution in [0.25, 0.3) is 0 Å². The van der Waals surface area contributed by atoms with Crippen molar-refractivity contribution in [1.82, 2.24) is 20.3 Å². The lowest BCUT2D eigenvalue weighted by Crippen LogP contribution is -2.47. The maximum atomic E-state index is 12.4. The Morgan fingerprint density at radius 3 is 2.65 bits per heavy atom. The van der Waals surface area contributed by atoms with Crippen LogP contribution in [0.1, 0.15) is 27.7 Å². The summed E-state index contributed by atoms with van der Waals surface area (Å²) in [4.78, 5) is 17.0. The van der Waals surface area contributed by atoms with Crippen LogP contribution in [0.5, 0.6) is 0 Å². The average Bonchev–Trinajstić information content (AvgIpc) is 3.06. The van der Waals surface area contributed by atoms with Gasteiger partial charge in [0.25, 0.3) is 5.69 Å². The second-order valence-electron chi connectivity index (χ2n) is 7.69. The number of aliphatic imine (C=N–C) groups is 1. The summed E-state index contributed by atoms with van der Waals surface area (Å²) in [5.41, 5.74) is -0.268. The quantitative estimate of drug-likeness (QED) is 0.103. The molecule has 0 amide bonds. The second-order valence-corrected chi connectivity index (χ2v) is 9.46. The minimum atomic E-state index is -3.85. The first-order valence-electron chi connectivity index (χ1n) is 10.2. The summed E-state index contributed by atoms with van der Waals surface area (Å²) < 4.78 is 27.2. The molecule has 1 aliphatic heterocycles. The van der Waals surface area contributed by atoms with Gasteiger partial charge in [-0.1, -0.05) is 13.0 Å². The summed E-state index contributed by atoms with van der Waals surface area (Å²) >= 11 is 0. The normalized spacial score (nSPS) is 19.8. The minimum absolute atomic E-state index is 0. The summed E-state index contributed by atoms with van der Waals surface area (Å²) in [6.45, 7) is 11.5. The van der Waals surface area contributed by atoms with E-state index >= 15 is 0 Å². The van der Waals surface area contributed by atoms with Crippen molar-refractivity contribution in [2.75, 3.05) is 32.7 Å². The van der Waals surface area contributed by atoms with Crippen LogP contribution < -0.4 is 15.4 Å². The Labute approximate surface area is 201 Å². The number of nitrogens with zero attached hydrogens (tertiary/aromatic N) is 3. The number of likely N-dealkylation sites (tertiary alicyclic amines) is 1. The number of nitro groups is 1. The number of sulfonamides is 1. The van der Waals surface area contributed by atoms with Gasteiger partial charge in [0, 0.05) is 50.4 Å². The molecule has 0 bridgehead atoms. The molecule has 1 fully saturated rings. The number of hydrogen-bond donors (Lipinski definition) is 3. The van der Waals surface area contributed by atoms with Crippen LogP contribution in [-0.4, -0.2) is 69.0 Å². The van der Waals surface area contributed by atoms with Gasteiger partial charge in [-0.05, 0) is 32.8 Å². The van der Waals surface area contributed by atoms with Crippen molar-refractivity contribution in [2.24, 2.45) is 10.9 Å². The number of hydrogen-bond acceptors (Lipinski definition) is 6. The van der Waals surface area contributed by atoms with Crippen LogP contribution in [0.15, 0.2) is 34.2 Å². The molecule has 0 radical (unpaired) electrons. The number of nitrogens with one attached hydrogen (secondary N) is 3. The topological polar surface area (TPSA) is 129 Å². The van der Waals surface area contributed by atoms with Crippen molar-refractivity contribution < 1.29 is 13.3 Å². The first-order valence-corrected chi connectivity index (χ1v) is 11.7. The maximum Gasteiger partial charge on any atom is 0.270 e. The Morgan fingerprint density at radius 1 is 1.35 bits per heavy atom. The maximum absolute atomic E-state index is 12.4. The molecule has 2 unspecified atom stereocenters. The van der Waals surface area contributed by atoms with Gasteiger partial charge in [0.15, 0.2) is 5.96 Å². The van der Waals surface area contributed by atoms with Crippen molar-refractivity contribution in [3.8, 4) is 0 Å². The van der Waals surface area contributed by atoms with E-state index in [0.29, 0.717) is 24.5 Å². The molecule has 1 aromatic carbocycles. The van der Waals surface area contributed by atoms with Gasteiger partial charge in [0.1, 0.15) is 0 Å². The van der Waals surface area contributed by atoms with Gasteiger partial charge < -0.3 is 10.6 Å². The Hall–Kier alpha value is -1.51. The van der Waals surface area contributed by atoms with E-state index in [1.54, 1.807) is 0 Å². The standard InChI is InChI=1S/C19H32N6O4S.HI/c1-5-20-19(23-18-13-24(14(2)3)12-15(18)4)21-9-10-22-30(28,29)17-8-6-7-16(11-17)25(26)27;/h6-8,11,14-15,18,22H,5,9-10,12-13H2,1-4H3,(H2,20,21,23);1H. The van der Waals surface area contributed by atoms with Gasteiger partial charge >= 0.3 is 0 Å². The lowest BCUT2D eigenvalue weighted by molar-refractivity contribution is -0.385. The van der Waals surface area contributed by atoms with Gasteiger partial charge in [-0.25, -0.2) is 13.1 Å². The van der Waals surface area contributed by atoms with Crippen LogP contribution >= 0.6 is 24.0 Å². The fourth-order valence-electron chi connectivity index (χ4n) is 3.30. The molecule has 0 saturated carbocycles. The first-order chi connectivity index (χ1) is 14.1. The molecule has 3 N–H and O–H groups in total. The molecule has 1 aromatic rings. The zero-order valence-corrected chi connectivity index (χ0v) is 21.5. The number of benzene rings is 1. The second kappa shape index (κ2) is 12.5. The molecular weight excluding hydrogens is 535 g/mol. The van der Waals surface area contributed by atoms with Crippen LogP contribution in [0.2, 0.25) is 0 Å². The fourth-order valence-corrected chi connectivity index (χ4v) is 4.37. The third kappa shape index (κ3) is 8.16. The smallest absolute Gasteiger partial charge is 0.270 e. The van der Waals surface area contributed by atoms with E-state index in [-0.39, 0.29) is 53.7 Å². The minimum Gasteiger partial charge on any atom is -0.357 e. The molecule has 0 aromatic heterocycles. The highest BCUT2D eigenvalue weighted by atomic mass is 127. The monoisotopic (exact) mass is 568 g/mol. The predicted octanol–water partition coefficient (Wildman–Crippen LogP) is 1.77. The van der Waals surface area contributed by atoms with Crippen molar-refractivity contribution in [3.63, 3.8) is 0 Å². The van der Waals surface area contributed by atoms with Crippen LogP contribution in [0, 0.1) is 16.0 Å². The van der Waals surface area contributed by atoms with E-state index in [1.165, 1.54) is 18.2 Å². The third-order valence-corrected chi connectivity index (χ3v) is 6.51. The van der Waals surface area contributed by atoms with E-state index < -0.39 is 14.9 Å². The van der Waals surface area contributed by atoms with Crippen molar-refractivity contribution >= 4 is 45.6 Å². The van der Waals surface area contributed by atoms with Crippen LogP contribution in [0.4, 0.5) is 5.69 Å². The molecule has 1 saturated heterocycles. The van der Waals surface area contributed by atoms with Crippen LogP contribution in [-0.2, 0) is 10.0 Å². The summed E-state index contributed by atoms with van der Waals surface area (Å²) in [6.07, 6.45) is 0. The summed E-state index contributed by atoms with van der Waals surface area (Å²) in [5, 5.41) is 17.5. The van der Waals surface area contributed by atoms with E-state index in [9.17, 15) is 18.5 Å². The zero-order chi connectivity index (χ0) is 22.3. The molecular formula is C19H33IN6O4S. The fraction of sp³-hybridized carbons (Fsp3) is 0.632. The Balaban J connectivity index is 0.00000480. The highest BCUT2D eigenvalue weighted by molar-refractivity contribution is 14.0. The molecule has 10 nitrogen and oxygen atoms in total. The third-order valence-electron chi connectivity index (χ3n) is 5.05. The Morgan fingerprint density at radius 2 is 2.06 bits per heavy atom. The molecule has 0 aliphatic carbocycles. The number of non-ortho nitro benzene ring substituents is 1. The van der Waals surface area contributed by atoms with E-state index in [0.717, 1.165) is 19.2 Å². The Kier molecular flexibility index (Phi) is 11.1. The van der Waals surface area contributed by atoms with Crippen LogP contribution in [0.3, 0.4) is 0 Å². The van der Waals surface area contributed by atoms with E-state index in [4.69, 9.17) is 0 Å². The number of halogens is 1. The largest absolute Gasteiger partial charge is 0.357 e. The van der Waals surface area contributed by atoms with Gasteiger partial charge in [0.2, 0.25) is 10.0 Å². The number of nitro benzene ring substituents is 1. The number of guanidine groups is 1. The SMILES string of the molecule is CCNC(=NCCNS(=O)(=O)c1cccc([N+](=O)[O-])c1)NC1CN(C(C)C)CC1C.I. The molecule has 0 spiro atoms. The van der Waals surface area contributed by atoms with E-state index in [1.807, 2.05) is 6.92 Å². The average molecular weight is 568 g/mol. The highest BCUT2D eigenvalue weighted by Crippen LogP contribution is 2.19. The highest BCUT2D eigenvalue weighted by Gasteiger charge is 2.31. The first kappa shape index (κ1) is 27.5. The summed E-state index contributed by atoms with van der Waals surface area (Å²) in [7, 11) is -3.85. The molecule has 176 valence electrons. The van der Waals surface area contributed by atoms with Gasteiger partial charge in [-0.2, -0.15) is 0 Å². The predicted molar refractivity (Wildman–Crippen MR) is 132 cm³/mol.